The fraction of sp³-hybridized carbons (Fsp3) is 0.400. The summed E-state index contributed by atoms with van der Waals surface area (Å²) in [6, 6.07) is 12.0. The first-order valence-electron chi connectivity index (χ1n) is 8.82. The van der Waals surface area contributed by atoms with Crippen LogP contribution in [0.25, 0.3) is 0 Å². The zero-order chi connectivity index (χ0) is 19.1. The first-order valence-corrected chi connectivity index (χ1v) is 8.82. The maximum absolute atomic E-state index is 11.7. The van der Waals surface area contributed by atoms with E-state index in [0.717, 1.165) is 23.8 Å². The molecule has 0 fully saturated rings. The van der Waals surface area contributed by atoms with Crippen LogP contribution in [-0.2, 0) is 24.9 Å². The second-order valence-corrected chi connectivity index (χ2v) is 6.71. The van der Waals surface area contributed by atoms with Crippen LogP contribution in [0.3, 0.4) is 0 Å². The quantitative estimate of drug-likeness (QED) is 0.619. The number of carbonyl (C=O) groups is 1. The molecular formula is C20H29N5O. The Labute approximate surface area is 155 Å². The van der Waals surface area contributed by atoms with Gasteiger partial charge in [-0.2, -0.15) is 0 Å². The van der Waals surface area contributed by atoms with E-state index in [0.29, 0.717) is 6.54 Å². The van der Waals surface area contributed by atoms with E-state index in [1.54, 1.807) is 7.05 Å². The Morgan fingerprint density at radius 3 is 2.46 bits per heavy atom. The number of nitrogens with one attached hydrogen (secondary N) is 2. The lowest BCUT2D eigenvalue weighted by Gasteiger charge is -2.22. The van der Waals surface area contributed by atoms with Crippen LogP contribution < -0.4 is 10.6 Å². The maximum Gasteiger partial charge on any atom is 0.226 e. The molecule has 1 aromatic heterocycles. The van der Waals surface area contributed by atoms with Gasteiger partial charge in [0, 0.05) is 51.2 Å². The molecule has 0 spiro atoms. The summed E-state index contributed by atoms with van der Waals surface area (Å²) in [4.78, 5) is 18.2. The molecule has 26 heavy (non-hydrogen) atoms. The molecule has 2 N–H and O–H groups in total. The molecule has 1 amide bonds. The van der Waals surface area contributed by atoms with Crippen LogP contribution in [0.4, 0.5) is 5.69 Å². The predicted octanol–water partition coefficient (Wildman–Crippen LogP) is 2.83. The Kier molecular flexibility index (Phi) is 6.83. The summed E-state index contributed by atoms with van der Waals surface area (Å²) in [7, 11) is 5.85. The van der Waals surface area contributed by atoms with Gasteiger partial charge in [0.05, 0.1) is 6.54 Å². The molecule has 0 unspecified atom stereocenters. The third kappa shape index (κ3) is 5.37. The summed E-state index contributed by atoms with van der Waals surface area (Å²) in [5, 5.41) is 6.27. The minimum atomic E-state index is -0.0283. The highest BCUT2D eigenvalue weighted by Crippen LogP contribution is 2.11. The number of aromatic nitrogens is 1. The summed E-state index contributed by atoms with van der Waals surface area (Å²) >= 11 is 0. The fourth-order valence-corrected chi connectivity index (χ4v) is 2.54. The van der Waals surface area contributed by atoms with E-state index in [1.807, 2.05) is 64.5 Å². The average molecular weight is 355 g/mol. The lowest BCUT2D eigenvalue weighted by Crippen LogP contribution is -2.38. The van der Waals surface area contributed by atoms with Crippen molar-refractivity contribution in [2.45, 2.75) is 26.9 Å². The lowest BCUT2D eigenvalue weighted by molar-refractivity contribution is -0.118. The number of hydrogen-bond donors (Lipinski definition) is 2. The van der Waals surface area contributed by atoms with Gasteiger partial charge < -0.3 is 20.1 Å². The molecule has 0 saturated carbocycles. The summed E-state index contributed by atoms with van der Waals surface area (Å²) in [5.41, 5.74) is 3.17. The fourth-order valence-electron chi connectivity index (χ4n) is 2.54. The molecule has 0 radical (unpaired) electrons. The number of anilines is 1. The Balaban J connectivity index is 1.89. The van der Waals surface area contributed by atoms with Gasteiger partial charge in [-0.05, 0) is 29.8 Å². The number of carbonyl (C=O) groups excluding carboxylic acids is 1. The summed E-state index contributed by atoms with van der Waals surface area (Å²) in [6.45, 7) is 5.21. The Bertz CT molecular complexity index is 746. The van der Waals surface area contributed by atoms with Crippen LogP contribution in [0.1, 0.15) is 25.1 Å². The van der Waals surface area contributed by atoms with Crippen molar-refractivity contribution in [3.63, 3.8) is 0 Å². The van der Waals surface area contributed by atoms with Crippen LogP contribution in [0.2, 0.25) is 0 Å². The minimum Gasteiger partial charge on any atom is -0.353 e. The molecule has 0 aliphatic carbocycles. The largest absolute Gasteiger partial charge is 0.353 e. The van der Waals surface area contributed by atoms with Gasteiger partial charge in [-0.25, -0.2) is 0 Å². The van der Waals surface area contributed by atoms with E-state index in [4.69, 9.17) is 0 Å². The monoisotopic (exact) mass is 355 g/mol. The molecule has 2 rings (SSSR count). The predicted molar refractivity (Wildman–Crippen MR) is 107 cm³/mol. The second kappa shape index (κ2) is 9.08. The first-order chi connectivity index (χ1) is 12.4. The highest BCUT2D eigenvalue weighted by atomic mass is 16.1. The third-order valence-corrected chi connectivity index (χ3v) is 4.22. The number of nitrogens with zero attached hydrogens (tertiary/aromatic N) is 3. The van der Waals surface area contributed by atoms with Crippen molar-refractivity contribution in [3.05, 3.63) is 53.9 Å². The number of hydrogen-bond acceptors (Lipinski definition) is 2. The maximum atomic E-state index is 11.7. The molecule has 0 atom stereocenters. The van der Waals surface area contributed by atoms with Gasteiger partial charge in [-0.15, -0.1) is 0 Å². The van der Waals surface area contributed by atoms with Crippen molar-refractivity contribution in [3.8, 4) is 0 Å². The molecule has 0 saturated heterocycles. The number of rotatable bonds is 6. The molecule has 1 heterocycles. The minimum absolute atomic E-state index is 0.0265. The number of amides is 1. The molecule has 6 heteroatoms. The highest BCUT2D eigenvalue weighted by molar-refractivity contribution is 5.92. The van der Waals surface area contributed by atoms with E-state index in [2.05, 4.69) is 31.2 Å². The Morgan fingerprint density at radius 1 is 1.23 bits per heavy atom. The number of guanidine groups is 1. The SMILES string of the molecule is CN=C(NCc1ccc(NC(=O)C(C)C)cc1)N(C)Cc1cccn1C. The van der Waals surface area contributed by atoms with Crippen molar-refractivity contribution in [2.75, 3.05) is 19.4 Å². The topological polar surface area (TPSA) is 61.7 Å². The smallest absolute Gasteiger partial charge is 0.226 e. The van der Waals surface area contributed by atoms with Crippen molar-refractivity contribution in [1.29, 1.82) is 0 Å². The van der Waals surface area contributed by atoms with E-state index < -0.39 is 0 Å². The molecular weight excluding hydrogens is 326 g/mol. The number of aliphatic imine (C=N–C) groups is 1. The van der Waals surface area contributed by atoms with Crippen LogP contribution in [0.15, 0.2) is 47.6 Å². The molecule has 140 valence electrons. The molecule has 0 aliphatic heterocycles. The standard InChI is InChI=1S/C20H29N5O/c1-15(2)19(26)23-17-10-8-16(9-11-17)13-22-20(21-3)25(5)14-18-7-6-12-24(18)4/h6-12,15H,13-14H2,1-5H3,(H,21,22)(H,23,26). The second-order valence-electron chi connectivity index (χ2n) is 6.71. The van der Waals surface area contributed by atoms with Crippen molar-refractivity contribution >= 4 is 17.6 Å². The summed E-state index contributed by atoms with van der Waals surface area (Å²) in [6.07, 6.45) is 2.04. The van der Waals surface area contributed by atoms with E-state index >= 15 is 0 Å². The van der Waals surface area contributed by atoms with Gasteiger partial charge in [0.15, 0.2) is 5.96 Å². The lowest BCUT2D eigenvalue weighted by atomic mass is 10.1. The number of benzene rings is 1. The molecule has 0 bridgehead atoms. The molecule has 6 nitrogen and oxygen atoms in total. The van der Waals surface area contributed by atoms with Gasteiger partial charge in [0.2, 0.25) is 5.91 Å². The zero-order valence-corrected chi connectivity index (χ0v) is 16.3. The zero-order valence-electron chi connectivity index (χ0n) is 16.3. The Hall–Kier alpha value is -2.76. The van der Waals surface area contributed by atoms with Crippen LogP contribution >= 0.6 is 0 Å². The van der Waals surface area contributed by atoms with Gasteiger partial charge in [0.25, 0.3) is 0 Å². The Morgan fingerprint density at radius 2 is 1.92 bits per heavy atom. The highest BCUT2D eigenvalue weighted by Gasteiger charge is 2.09. The van der Waals surface area contributed by atoms with Gasteiger partial charge >= 0.3 is 0 Å². The van der Waals surface area contributed by atoms with Crippen molar-refractivity contribution in [2.24, 2.45) is 18.0 Å². The van der Waals surface area contributed by atoms with E-state index in [-0.39, 0.29) is 11.8 Å². The summed E-state index contributed by atoms with van der Waals surface area (Å²) in [5.74, 6) is 0.835. The van der Waals surface area contributed by atoms with Crippen molar-refractivity contribution < 1.29 is 4.79 Å². The molecule has 0 aliphatic rings. The van der Waals surface area contributed by atoms with Gasteiger partial charge in [-0.1, -0.05) is 26.0 Å². The van der Waals surface area contributed by atoms with E-state index in [1.165, 1.54) is 5.69 Å². The van der Waals surface area contributed by atoms with Gasteiger partial charge in [0.1, 0.15) is 0 Å². The summed E-state index contributed by atoms with van der Waals surface area (Å²) < 4.78 is 2.11. The van der Waals surface area contributed by atoms with Gasteiger partial charge in [-0.3, -0.25) is 9.79 Å². The first kappa shape index (κ1) is 19.6. The number of aryl methyl sites for hydroxylation is 1. The van der Waals surface area contributed by atoms with Crippen LogP contribution in [0, 0.1) is 5.92 Å². The van der Waals surface area contributed by atoms with Crippen LogP contribution in [0.5, 0.6) is 0 Å². The molecule has 2 aromatic rings. The van der Waals surface area contributed by atoms with Crippen molar-refractivity contribution in [1.82, 2.24) is 14.8 Å². The third-order valence-electron chi connectivity index (χ3n) is 4.22. The molecule has 1 aromatic carbocycles. The van der Waals surface area contributed by atoms with Crippen LogP contribution in [-0.4, -0.2) is 35.4 Å². The average Bonchev–Trinajstić information content (AvgIpc) is 3.01. The van der Waals surface area contributed by atoms with E-state index in [9.17, 15) is 4.79 Å². The normalized spacial score (nSPS) is 11.5.